The van der Waals surface area contributed by atoms with Gasteiger partial charge in [0.2, 0.25) is 0 Å². The Morgan fingerprint density at radius 3 is 2.05 bits per heavy atom. The van der Waals surface area contributed by atoms with Crippen LogP contribution in [0.1, 0.15) is 23.9 Å². The third kappa shape index (κ3) is 5.55. The highest BCUT2D eigenvalue weighted by molar-refractivity contribution is 5.99. The van der Waals surface area contributed by atoms with Gasteiger partial charge in [-0.15, -0.1) is 0 Å². The maximum atomic E-state index is 13.0. The van der Waals surface area contributed by atoms with Crippen molar-refractivity contribution in [3.05, 3.63) is 132 Å². The summed E-state index contributed by atoms with van der Waals surface area (Å²) in [5, 5.41) is 3.56. The van der Waals surface area contributed by atoms with Crippen molar-refractivity contribution >= 4 is 28.4 Å². The lowest BCUT2D eigenvalue weighted by Crippen LogP contribution is -2.40. The van der Waals surface area contributed by atoms with Crippen LogP contribution in [0, 0.1) is 0 Å². The molecular weight excluding hydrogens is 486 g/mol. The third-order valence-corrected chi connectivity index (χ3v) is 6.79. The topological polar surface area (TPSA) is 56.4 Å². The average molecular weight is 519 g/mol. The number of hydrogen-bond donors (Lipinski definition) is 1. The van der Waals surface area contributed by atoms with E-state index in [0.717, 1.165) is 39.4 Å². The zero-order chi connectivity index (χ0) is 27.2. The van der Waals surface area contributed by atoms with E-state index in [1.807, 2.05) is 72.8 Å². The molecule has 1 N–H and O–H groups in total. The SMILES string of the molecule is COC(=O)/C(C)=C(/Nc1ccc(OC)cc1)c1n(Cc2ccccc2)c2ccccc2[n+]1Cc1ccccc1. The summed E-state index contributed by atoms with van der Waals surface area (Å²) in [4.78, 5) is 13.0. The molecule has 6 nitrogen and oxygen atoms in total. The fourth-order valence-electron chi connectivity index (χ4n) is 4.81. The third-order valence-electron chi connectivity index (χ3n) is 6.79. The van der Waals surface area contributed by atoms with Crippen molar-refractivity contribution in [3.8, 4) is 5.75 Å². The molecule has 0 amide bonds. The summed E-state index contributed by atoms with van der Waals surface area (Å²) in [5.41, 5.74) is 6.44. The number of methoxy groups -OCH3 is 2. The van der Waals surface area contributed by atoms with E-state index in [1.165, 1.54) is 7.11 Å². The minimum absolute atomic E-state index is 0.395. The van der Waals surface area contributed by atoms with Gasteiger partial charge in [-0.1, -0.05) is 72.8 Å². The van der Waals surface area contributed by atoms with Crippen LogP contribution in [0.4, 0.5) is 5.69 Å². The van der Waals surface area contributed by atoms with Gasteiger partial charge in [0, 0.05) is 5.69 Å². The fourth-order valence-corrected chi connectivity index (χ4v) is 4.81. The summed E-state index contributed by atoms with van der Waals surface area (Å²) in [6.45, 7) is 3.05. The summed E-state index contributed by atoms with van der Waals surface area (Å²) in [5.74, 6) is 1.24. The number of rotatable bonds is 9. The molecule has 0 saturated carbocycles. The van der Waals surface area contributed by atoms with E-state index in [-0.39, 0.29) is 0 Å². The predicted molar refractivity (Wildman–Crippen MR) is 154 cm³/mol. The monoisotopic (exact) mass is 518 g/mol. The van der Waals surface area contributed by atoms with Crippen molar-refractivity contribution in [2.24, 2.45) is 0 Å². The van der Waals surface area contributed by atoms with Gasteiger partial charge in [-0.3, -0.25) is 0 Å². The molecule has 0 atom stereocenters. The van der Waals surface area contributed by atoms with Crippen molar-refractivity contribution in [1.29, 1.82) is 0 Å². The van der Waals surface area contributed by atoms with Gasteiger partial charge in [0.25, 0.3) is 0 Å². The number of nitrogens with zero attached hydrogens (tertiary/aromatic N) is 2. The number of fused-ring (bicyclic) bond motifs is 1. The molecule has 0 spiro atoms. The summed E-state index contributed by atoms with van der Waals surface area (Å²) < 4.78 is 15.1. The van der Waals surface area contributed by atoms with Gasteiger partial charge >= 0.3 is 11.8 Å². The molecule has 5 aromatic rings. The second-order valence-corrected chi connectivity index (χ2v) is 9.30. The number of hydrogen-bond acceptors (Lipinski definition) is 4. The number of carbonyl (C=O) groups is 1. The molecule has 0 radical (unpaired) electrons. The van der Waals surface area contributed by atoms with Gasteiger partial charge in [-0.05, 0) is 54.4 Å². The van der Waals surface area contributed by atoms with Crippen molar-refractivity contribution < 1.29 is 18.8 Å². The molecule has 1 aromatic heterocycles. The standard InChI is InChI=1S/C33H31N3O3/c1-24(33(37)39-3)31(34-27-18-20-28(38-2)21-19-27)32-35(22-25-12-6-4-7-13-25)29-16-10-11-17-30(29)36(32)23-26-14-8-5-9-15-26/h4-21H,22-23H2,1-3H3/p+1. The highest BCUT2D eigenvalue weighted by Crippen LogP contribution is 2.28. The Hall–Kier alpha value is -4.84. The molecule has 0 aliphatic heterocycles. The van der Waals surface area contributed by atoms with Crippen LogP contribution < -0.4 is 14.6 Å². The molecule has 39 heavy (non-hydrogen) atoms. The van der Waals surface area contributed by atoms with Crippen LogP contribution in [0.25, 0.3) is 16.7 Å². The smallest absolute Gasteiger partial charge is 0.335 e. The fraction of sp³-hybridized carbons (Fsp3) is 0.152. The molecule has 0 unspecified atom stereocenters. The molecule has 0 fully saturated rings. The van der Waals surface area contributed by atoms with Crippen LogP contribution in [0.2, 0.25) is 0 Å². The number of carbonyl (C=O) groups excluding carboxylic acids is 1. The molecule has 0 bridgehead atoms. The molecule has 6 heteroatoms. The minimum atomic E-state index is -0.395. The van der Waals surface area contributed by atoms with Gasteiger partial charge < -0.3 is 14.8 Å². The molecular formula is C33H32N3O3+. The number of ether oxygens (including phenoxy) is 2. The van der Waals surface area contributed by atoms with E-state index < -0.39 is 5.97 Å². The number of para-hydroxylation sites is 2. The first-order valence-corrected chi connectivity index (χ1v) is 12.9. The zero-order valence-electron chi connectivity index (χ0n) is 22.4. The molecule has 0 aliphatic rings. The Kier molecular flexibility index (Phi) is 7.73. The van der Waals surface area contributed by atoms with Gasteiger partial charge in [-0.25, -0.2) is 13.9 Å². The van der Waals surface area contributed by atoms with E-state index in [2.05, 4.69) is 50.8 Å². The van der Waals surface area contributed by atoms with Crippen molar-refractivity contribution in [2.75, 3.05) is 19.5 Å². The maximum absolute atomic E-state index is 13.0. The van der Waals surface area contributed by atoms with Gasteiger partial charge in [0.05, 0.1) is 19.8 Å². The van der Waals surface area contributed by atoms with Crippen molar-refractivity contribution in [2.45, 2.75) is 20.0 Å². The summed E-state index contributed by atoms with van der Waals surface area (Å²) >= 11 is 0. The first-order valence-electron chi connectivity index (χ1n) is 12.9. The maximum Gasteiger partial charge on any atom is 0.335 e. The first-order chi connectivity index (χ1) is 19.1. The lowest BCUT2D eigenvalue weighted by atomic mass is 10.1. The van der Waals surface area contributed by atoms with E-state index in [1.54, 1.807) is 14.0 Å². The number of aromatic nitrogens is 2. The number of benzene rings is 4. The number of esters is 1. The lowest BCUT2D eigenvalue weighted by molar-refractivity contribution is -0.665. The molecule has 196 valence electrons. The van der Waals surface area contributed by atoms with E-state index in [4.69, 9.17) is 9.47 Å². The Labute approximate surface area is 228 Å². The Morgan fingerprint density at radius 1 is 0.795 bits per heavy atom. The van der Waals surface area contributed by atoms with Gasteiger partial charge in [0.1, 0.15) is 24.5 Å². The molecule has 1 heterocycles. The Morgan fingerprint density at radius 2 is 1.41 bits per heavy atom. The van der Waals surface area contributed by atoms with E-state index in [0.29, 0.717) is 24.4 Å². The quantitative estimate of drug-likeness (QED) is 0.147. The van der Waals surface area contributed by atoms with Crippen LogP contribution in [0.15, 0.2) is 115 Å². The lowest BCUT2D eigenvalue weighted by Gasteiger charge is -2.15. The van der Waals surface area contributed by atoms with Crippen LogP contribution in [0.3, 0.4) is 0 Å². The number of anilines is 1. The normalized spacial score (nSPS) is 11.7. The van der Waals surface area contributed by atoms with Crippen LogP contribution in [-0.2, 0) is 22.6 Å². The Bertz CT molecular complexity index is 1530. The molecule has 5 rings (SSSR count). The van der Waals surface area contributed by atoms with Gasteiger partial charge in [-0.2, -0.15) is 0 Å². The molecule has 0 saturated heterocycles. The summed E-state index contributed by atoms with van der Waals surface area (Å²) in [7, 11) is 3.05. The summed E-state index contributed by atoms with van der Waals surface area (Å²) in [6.07, 6.45) is 0. The van der Waals surface area contributed by atoms with Crippen LogP contribution in [-0.4, -0.2) is 24.8 Å². The highest BCUT2D eigenvalue weighted by atomic mass is 16.5. The zero-order valence-corrected chi connectivity index (χ0v) is 22.4. The highest BCUT2D eigenvalue weighted by Gasteiger charge is 2.31. The van der Waals surface area contributed by atoms with Gasteiger partial charge in [0.15, 0.2) is 11.0 Å². The van der Waals surface area contributed by atoms with E-state index in [9.17, 15) is 4.79 Å². The largest absolute Gasteiger partial charge is 0.497 e. The second kappa shape index (κ2) is 11.7. The number of nitrogens with one attached hydrogen (secondary N) is 1. The molecule has 4 aromatic carbocycles. The molecule has 0 aliphatic carbocycles. The second-order valence-electron chi connectivity index (χ2n) is 9.30. The van der Waals surface area contributed by atoms with Crippen LogP contribution >= 0.6 is 0 Å². The average Bonchev–Trinajstić information content (AvgIpc) is 3.28. The van der Waals surface area contributed by atoms with E-state index >= 15 is 0 Å². The minimum Gasteiger partial charge on any atom is -0.497 e. The predicted octanol–water partition coefficient (Wildman–Crippen LogP) is 6.05. The summed E-state index contributed by atoms with van der Waals surface area (Å²) in [6, 6.07) is 36.7. The Balaban J connectivity index is 1.78. The van der Waals surface area contributed by atoms with Crippen LogP contribution in [0.5, 0.6) is 5.75 Å². The first kappa shape index (κ1) is 25.8. The van der Waals surface area contributed by atoms with Crippen molar-refractivity contribution in [1.82, 2.24) is 4.57 Å². The van der Waals surface area contributed by atoms with Crippen molar-refractivity contribution in [3.63, 3.8) is 0 Å². The number of imidazole rings is 1.